The quantitative estimate of drug-likeness (QED) is 0.621. The molecule has 1 amide bonds. The number of aromatic carboxylic acids is 1. The number of rotatable bonds is 5. The molecule has 0 atom stereocenters. The Morgan fingerprint density at radius 2 is 1.97 bits per heavy atom. The van der Waals surface area contributed by atoms with Crippen LogP contribution in [0.15, 0.2) is 71.2 Å². The summed E-state index contributed by atoms with van der Waals surface area (Å²) < 4.78 is 1.53. The van der Waals surface area contributed by atoms with E-state index in [-0.39, 0.29) is 18.0 Å². The molecule has 7 nitrogen and oxygen atoms in total. The second-order valence-corrected chi connectivity index (χ2v) is 7.17. The minimum Gasteiger partial charge on any atom is -0.545 e. The monoisotopic (exact) mass is 404 g/mol. The van der Waals surface area contributed by atoms with Crippen molar-refractivity contribution in [1.82, 2.24) is 4.57 Å². The molecule has 0 bridgehead atoms. The average molecular weight is 404 g/mol. The molecule has 2 heterocycles. The van der Waals surface area contributed by atoms with Crippen molar-refractivity contribution in [2.75, 3.05) is 0 Å². The number of aromatic nitrogens is 1. The van der Waals surface area contributed by atoms with Gasteiger partial charge in [-0.15, -0.1) is 6.58 Å². The maximum atomic E-state index is 12.5. The molecular weight excluding hydrogens is 390 g/mol. The molecular formula is C21H14N3O4S-. The molecule has 144 valence electrons. The van der Waals surface area contributed by atoms with Gasteiger partial charge in [-0.2, -0.15) is 0 Å². The topological polar surface area (TPSA) is 107 Å². The highest BCUT2D eigenvalue weighted by Crippen LogP contribution is 2.28. The van der Waals surface area contributed by atoms with Gasteiger partial charge in [0.1, 0.15) is 4.88 Å². The van der Waals surface area contributed by atoms with Crippen molar-refractivity contribution in [2.45, 2.75) is 6.54 Å². The molecule has 0 fully saturated rings. The number of para-hydroxylation sites is 1. The standard InChI is InChI=1S/C21H15N3O4S/c1-2-11-24-19(26)17(16-14-5-3-4-6-15(14)23-18(16)25)29-21(24)22-13-9-7-12(8-10-13)20(27)28/h2-10,26H,1,11H2,(H,27,28)/p-1. The van der Waals surface area contributed by atoms with Crippen molar-refractivity contribution in [3.8, 4) is 5.88 Å². The summed E-state index contributed by atoms with van der Waals surface area (Å²) >= 11 is 1.15. The molecule has 8 heteroatoms. The highest BCUT2D eigenvalue weighted by molar-refractivity contribution is 7.11. The van der Waals surface area contributed by atoms with Crippen molar-refractivity contribution >= 4 is 34.5 Å². The van der Waals surface area contributed by atoms with Crippen molar-refractivity contribution in [3.63, 3.8) is 0 Å². The number of amides is 1. The van der Waals surface area contributed by atoms with E-state index in [0.717, 1.165) is 11.3 Å². The first-order valence-corrected chi connectivity index (χ1v) is 9.43. The van der Waals surface area contributed by atoms with E-state index in [1.807, 2.05) is 0 Å². The fourth-order valence-electron chi connectivity index (χ4n) is 3.01. The first kappa shape index (κ1) is 18.6. The number of carboxylic acids is 1. The number of carbonyl (C=O) groups is 2. The Kier molecular flexibility index (Phi) is 4.69. The number of allylic oxidation sites excluding steroid dienone is 1. The van der Waals surface area contributed by atoms with Crippen LogP contribution in [0.4, 0.5) is 5.69 Å². The number of nitrogens with zero attached hydrogens (tertiary/aromatic N) is 3. The summed E-state index contributed by atoms with van der Waals surface area (Å²) in [5.41, 5.74) is 0.867. The smallest absolute Gasteiger partial charge is 0.279 e. The van der Waals surface area contributed by atoms with Gasteiger partial charge in [0.25, 0.3) is 5.91 Å². The number of hydrogen-bond donors (Lipinski definition) is 1. The summed E-state index contributed by atoms with van der Waals surface area (Å²) in [4.78, 5) is 32.7. The number of fused-ring (bicyclic) bond motifs is 1. The zero-order chi connectivity index (χ0) is 20.5. The van der Waals surface area contributed by atoms with Gasteiger partial charge in [-0.05, 0) is 23.8 Å². The van der Waals surface area contributed by atoms with Gasteiger partial charge in [-0.3, -0.25) is 9.36 Å². The number of carboxylic acid groups (broad SMARTS) is 1. The van der Waals surface area contributed by atoms with Gasteiger partial charge in [0.2, 0.25) is 5.88 Å². The van der Waals surface area contributed by atoms with Crippen LogP contribution in [0.1, 0.15) is 15.2 Å². The molecule has 1 aliphatic heterocycles. The molecule has 0 radical (unpaired) electrons. The Balaban J connectivity index is 1.92. The molecule has 4 rings (SSSR count). The molecule has 3 aromatic rings. The number of thiazole rings is 1. The normalized spacial score (nSPS) is 13.3. The lowest BCUT2D eigenvalue weighted by Gasteiger charge is -2.03. The molecule has 1 aromatic heterocycles. The van der Waals surface area contributed by atoms with Crippen LogP contribution in [-0.4, -0.2) is 21.6 Å². The van der Waals surface area contributed by atoms with Crippen molar-refractivity contribution < 1.29 is 19.8 Å². The van der Waals surface area contributed by atoms with Gasteiger partial charge < -0.3 is 15.0 Å². The second-order valence-electron chi connectivity index (χ2n) is 6.19. The Morgan fingerprint density at radius 1 is 1.24 bits per heavy atom. The molecule has 0 aliphatic carbocycles. The van der Waals surface area contributed by atoms with E-state index in [0.29, 0.717) is 31.5 Å². The van der Waals surface area contributed by atoms with E-state index in [4.69, 9.17) is 0 Å². The third kappa shape index (κ3) is 3.30. The molecule has 0 unspecified atom stereocenters. The van der Waals surface area contributed by atoms with E-state index < -0.39 is 11.9 Å². The fourth-order valence-corrected chi connectivity index (χ4v) is 4.12. The predicted molar refractivity (Wildman–Crippen MR) is 105 cm³/mol. The van der Waals surface area contributed by atoms with Gasteiger partial charge in [0, 0.05) is 11.8 Å². The minimum absolute atomic E-state index is 0.0444. The lowest BCUT2D eigenvalue weighted by molar-refractivity contribution is -0.255. The number of carbonyl (C=O) groups excluding carboxylic acids is 2. The van der Waals surface area contributed by atoms with Gasteiger partial charge in [0.15, 0.2) is 4.80 Å². The molecule has 0 saturated heterocycles. The Labute approximate surface area is 168 Å². The zero-order valence-corrected chi connectivity index (χ0v) is 15.8. The molecule has 29 heavy (non-hydrogen) atoms. The number of aromatic hydroxyl groups is 1. The maximum Gasteiger partial charge on any atom is 0.279 e. The van der Waals surface area contributed by atoms with E-state index >= 15 is 0 Å². The minimum atomic E-state index is -1.27. The Hall–Kier alpha value is -3.78. The summed E-state index contributed by atoms with van der Waals surface area (Å²) in [6, 6.07) is 13.0. The Bertz CT molecular complexity index is 1350. The van der Waals surface area contributed by atoms with Crippen LogP contribution < -0.4 is 20.5 Å². The van der Waals surface area contributed by atoms with Crippen LogP contribution in [0.5, 0.6) is 5.88 Å². The summed E-state index contributed by atoms with van der Waals surface area (Å²) in [5, 5.41) is 22.9. The van der Waals surface area contributed by atoms with E-state index in [1.54, 1.807) is 42.5 Å². The first-order valence-electron chi connectivity index (χ1n) is 8.62. The van der Waals surface area contributed by atoms with Crippen molar-refractivity contribution in [1.29, 1.82) is 0 Å². The lowest BCUT2D eigenvalue weighted by atomic mass is 10.1. The lowest BCUT2D eigenvalue weighted by Crippen LogP contribution is -2.22. The summed E-state index contributed by atoms with van der Waals surface area (Å²) in [5.74, 6) is -1.79. The molecule has 0 saturated carbocycles. The SMILES string of the molecule is C=CCn1c(O)c(C2=c3ccccc3=NC2=O)sc1=Nc1ccc(C(=O)[O-])cc1. The van der Waals surface area contributed by atoms with Crippen LogP contribution in [0.2, 0.25) is 0 Å². The summed E-state index contributed by atoms with van der Waals surface area (Å²) in [7, 11) is 0. The Morgan fingerprint density at radius 3 is 2.66 bits per heavy atom. The highest BCUT2D eigenvalue weighted by atomic mass is 32.1. The van der Waals surface area contributed by atoms with E-state index in [2.05, 4.69) is 16.6 Å². The molecule has 1 aliphatic rings. The predicted octanol–water partition coefficient (Wildman–Crippen LogP) is 0.396. The van der Waals surface area contributed by atoms with Crippen molar-refractivity contribution in [3.05, 3.63) is 87.0 Å². The van der Waals surface area contributed by atoms with Crippen LogP contribution in [0.25, 0.3) is 5.57 Å². The number of hydrogen-bond acceptors (Lipinski definition) is 6. The van der Waals surface area contributed by atoms with Gasteiger partial charge in [-0.1, -0.05) is 47.7 Å². The molecule has 1 N–H and O–H groups in total. The third-order valence-electron chi connectivity index (χ3n) is 4.36. The molecule has 0 spiro atoms. The van der Waals surface area contributed by atoms with Crippen molar-refractivity contribution in [2.24, 2.45) is 9.98 Å². The van der Waals surface area contributed by atoms with Crippen LogP contribution in [0.3, 0.4) is 0 Å². The number of benzene rings is 2. The van der Waals surface area contributed by atoms with Gasteiger partial charge >= 0.3 is 0 Å². The average Bonchev–Trinajstić information content (AvgIpc) is 3.19. The highest BCUT2D eigenvalue weighted by Gasteiger charge is 2.25. The second kappa shape index (κ2) is 7.33. The fraction of sp³-hybridized carbons (Fsp3) is 0.0476. The van der Waals surface area contributed by atoms with E-state index in [1.165, 1.54) is 16.7 Å². The van der Waals surface area contributed by atoms with Crippen LogP contribution >= 0.6 is 11.3 Å². The summed E-state index contributed by atoms with van der Waals surface area (Å²) in [6.45, 7) is 3.98. The largest absolute Gasteiger partial charge is 0.545 e. The van der Waals surface area contributed by atoms with Gasteiger partial charge in [-0.25, -0.2) is 9.98 Å². The third-order valence-corrected chi connectivity index (χ3v) is 5.44. The first-order chi connectivity index (χ1) is 14.0. The van der Waals surface area contributed by atoms with Crippen LogP contribution in [-0.2, 0) is 11.3 Å². The van der Waals surface area contributed by atoms with Gasteiger partial charge in [0.05, 0.1) is 22.6 Å². The maximum absolute atomic E-state index is 12.5. The van der Waals surface area contributed by atoms with Crippen LogP contribution in [0, 0.1) is 0 Å². The zero-order valence-electron chi connectivity index (χ0n) is 15.0. The van der Waals surface area contributed by atoms with E-state index in [9.17, 15) is 19.8 Å². The summed E-state index contributed by atoms with van der Waals surface area (Å²) in [6.07, 6.45) is 1.61. The molecule has 2 aromatic carbocycles.